The second-order valence-corrected chi connectivity index (χ2v) is 6.14. The van der Waals surface area contributed by atoms with Gasteiger partial charge in [0.05, 0.1) is 10.9 Å². The predicted octanol–water partition coefficient (Wildman–Crippen LogP) is 3.09. The molecular weight excluding hydrogens is 407 g/mol. The van der Waals surface area contributed by atoms with Gasteiger partial charge in [-0.15, -0.1) is 0 Å². The Hall–Kier alpha value is -2.42. The molecule has 0 atom stereocenters. The van der Waals surface area contributed by atoms with E-state index < -0.39 is 6.03 Å². The van der Waals surface area contributed by atoms with Crippen molar-refractivity contribution in [2.45, 2.75) is 6.92 Å². The number of amides is 2. The summed E-state index contributed by atoms with van der Waals surface area (Å²) in [5.41, 5.74) is 3.46. The number of para-hydroxylation sites is 1. The number of fused-ring (bicyclic) bond motifs is 1. The molecule has 0 aliphatic carbocycles. The van der Waals surface area contributed by atoms with E-state index >= 15 is 0 Å². The highest BCUT2D eigenvalue weighted by Gasteiger charge is 2.10. The molecule has 2 aromatic carbocycles. The molecule has 3 rings (SSSR count). The predicted molar refractivity (Wildman–Crippen MR) is 98.3 cm³/mol. The first-order valence-electron chi connectivity index (χ1n) is 6.86. The Morgan fingerprint density at radius 1 is 1.17 bits per heavy atom. The second-order valence-electron chi connectivity index (χ2n) is 4.89. The topological polar surface area (TPSA) is 76.0 Å². The van der Waals surface area contributed by atoms with E-state index in [1.807, 2.05) is 24.3 Å². The lowest BCUT2D eigenvalue weighted by atomic mass is 10.2. The highest BCUT2D eigenvalue weighted by molar-refractivity contribution is 14.1. The normalized spacial score (nSPS) is 10.5. The summed E-state index contributed by atoms with van der Waals surface area (Å²) >= 11 is 2.16. The molecule has 0 aliphatic rings. The number of nitrogens with zero attached hydrogens (tertiary/aromatic N) is 2. The molecule has 2 N–H and O–H groups in total. The van der Waals surface area contributed by atoms with E-state index in [0.29, 0.717) is 22.4 Å². The number of carbonyl (C=O) groups excluding carboxylic acids is 1. The molecule has 3 aromatic rings. The maximum absolute atomic E-state index is 12.5. The van der Waals surface area contributed by atoms with Crippen LogP contribution in [-0.2, 0) is 0 Å². The standard InChI is InChI=1S/C16H13IN4O2/c1-10-18-14-8-3-2-7-13(14)15(22)21(10)20-16(23)19-12-6-4-5-11(17)9-12/h2-9H,1H3,(H2,19,20,23). The van der Waals surface area contributed by atoms with Crippen molar-refractivity contribution < 1.29 is 4.79 Å². The van der Waals surface area contributed by atoms with Crippen LogP contribution in [0.15, 0.2) is 53.3 Å². The van der Waals surface area contributed by atoms with Crippen LogP contribution in [0.2, 0.25) is 0 Å². The molecule has 0 unspecified atom stereocenters. The van der Waals surface area contributed by atoms with E-state index in [4.69, 9.17) is 0 Å². The number of urea groups is 1. The third-order valence-corrected chi connectivity index (χ3v) is 3.91. The molecule has 23 heavy (non-hydrogen) atoms. The zero-order valence-electron chi connectivity index (χ0n) is 12.2. The zero-order valence-corrected chi connectivity index (χ0v) is 14.4. The molecule has 0 fully saturated rings. The van der Waals surface area contributed by atoms with Crippen molar-refractivity contribution >= 4 is 45.2 Å². The molecule has 6 nitrogen and oxygen atoms in total. The molecule has 1 aromatic heterocycles. The molecular formula is C16H13IN4O2. The molecule has 0 aliphatic heterocycles. The summed E-state index contributed by atoms with van der Waals surface area (Å²) in [5.74, 6) is 0.409. The highest BCUT2D eigenvalue weighted by Crippen LogP contribution is 2.12. The van der Waals surface area contributed by atoms with Gasteiger partial charge in [-0.1, -0.05) is 18.2 Å². The minimum Gasteiger partial charge on any atom is -0.307 e. The summed E-state index contributed by atoms with van der Waals surface area (Å²) in [6.07, 6.45) is 0. The second kappa shape index (κ2) is 6.37. The van der Waals surface area contributed by atoms with E-state index in [9.17, 15) is 9.59 Å². The van der Waals surface area contributed by atoms with Crippen LogP contribution in [0.1, 0.15) is 5.82 Å². The number of carbonyl (C=O) groups is 1. The summed E-state index contributed by atoms with van der Waals surface area (Å²) in [6, 6.07) is 13.9. The average Bonchev–Trinajstić information content (AvgIpc) is 2.51. The van der Waals surface area contributed by atoms with E-state index in [2.05, 4.69) is 38.3 Å². The fourth-order valence-corrected chi connectivity index (χ4v) is 2.75. The lowest BCUT2D eigenvalue weighted by Crippen LogP contribution is -2.37. The molecule has 2 amide bonds. The maximum Gasteiger partial charge on any atom is 0.338 e. The van der Waals surface area contributed by atoms with Crippen molar-refractivity contribution in [2.75, 3.05) is 10.7 Å². The largest absolute Gasteiger partial charge is 0.338 e. The maximum atomic E-state index is 12.5. The van der Waals surface area contributed by atoms with Crippen LogP contribution in [0.3, 0.4) is 0 Å². The average molecular weight is 420 g/mol. The molecule has 7 heteroatoms. The number of hydrogen-bond acceptors (Lipinski definition) is 3. The van der Waals surface area contributed by atoms with Crippen molar-refractivity contribution in [1.29, 1.82) is 0 Å². The van der Waals surface area contributed by atoms with Crippen LogP contribution < -0.4 is 16.3 Å². The minimum absolute atomic E-state index is 0.314. The highest BCUT2D eigenvalue weighted by atomic mass is 127. The Morgan fingerprint density at radius 3 is 2.74 bits per heavy atom. The van der Waals surface area contributed by atoms with Gasteiger partial charge in [0.1, 0.15) is 5.82 Å². The number of halogens is 1. The number of hydrogen-bond donors (Lipinski definition) is 2. The molecule has 0 saturated carbocycles. The lowest BCUT2D eigenvalue weighted by Gasteiger charge is -2.13. The molecule has 0 radical (unpaired) electrons. The van der Waals surface area contributed by atoms with Gasteiger partial charge in [0, 0.05) is 9.26 Å². The van der Waals surface area contributed by atoms with Gasteiger partial charge in [-0.05, 0) is 59.8 Å². The third kappa shape index (κ3) is 3.34. The summed E-state index contributed by atoms with van der Waals surface area (Å²) in [4.78, 5) is 28.9. The zero-order chi connectivity index (χ0) is 16.4. The van der Waals surface area contributed by atoms with Gasteiger partial charge in [0.2, 0.25) is 0 Å². The first-order valence-corrected chi connectivity index (χ1v) is 7.94. The molecule has 1 heterocycles. The number of nitrogens with one attached hydrogen (secondary N) is 2. The van der Waals surface area contributed by atoms with E-state index in [0.717, 1.165) is 8.25 Å². The van der Waals surface area contributed by atoms with Gasteiger partial charge < -0.3 is 5.32 Å². The summed E-state index contributed by atoms with van der Waals surface area (Å²) in [5, 5.41) is 3.14. The van der Waals surface area contributed by atoms with E-state index in [1.165, 1.54) is 0 Å². The van der Waals surface area contributed by atoms with Gasteiger partial charge in [-0.2, -0.15) is 0 Å². The Labute approximate surface area is 145 Å². The number of rotatable bonds is 2. The number of aryl methyl sites for hydroxylation is 1. The minimum atomic E-state index is -0.505. The first-order chi connectivity index (χ1) is 11.0. The van der Waals surface area contributed by atoms with Crippen LogP contribution >= 0.6 is 22.6 Å². The monoisotopic (exact) mass is 420 g/mol. The van der Waals surface area contributed by atoms with Crippen LogP contribution in [0.25, 0.3) is 10.9 Å². The van der Waals surface area contributed by atoms with Gasteiger partial charge in [0.15, 0.2) is 0 Å². The fraction of sp³-hybridized carbons (Fsp3) is 0.0625. The van der Waals surface area contributed by atoms with Crippen molar-refractivity contribution in [3.63, 3.8) is 0 Å². The third-order valence-electron chi connectivity index (χ3n) is 3.24. The van der Waals surface area contributed by atoms with Gasteiger partial charge in [0.25, 0.3) is 5.56 Å². The van der Waals surface area contributed by atoms with Crippen LogP contribution in [0, 0.1) is 10.5 Å². The number of aromatic nitrogens is 2. The quantitative estimate of drug-likeness (QED) is 0.626. The first kappa shape index (κ1) is 15.5. The fourth-order valence-electron chi connectivity index (χ4n) is 2.20. The Kier molecular flexibility index (Phi) is 4.28. The molecule has 116 valence electrons. The Bertz CT molecular complexity index is 952. The van der Waals surface area contributed by atoms with E-state index in [1.54, 1.807) is 31.2 Å². The lowest BCUT2D eigenvalue weighted by molar-refractivity contribution is 0.259. The van der Waals surface area contributed by atoms with Gasteiger partial charge in [-0.3, -0.25) is 4.79 Å². The smallest absolute Gasteiger partial charge is 0.307 e. The summed E-state index contributed by atoms with van der Waals surface area (Å²) < 4.78 is 2.15. The number of anilines is 1. The van der Waals surface area contributed by atoms with Crippen LogP contribution in [0.5, 0.6) is 0 Å². The van der Waals surface area contributed by atoms with Crippen molar-refractivity contribution in [1.82, 2.24) is 9.66 Å². The summed E-state index contributed by atoms with van der Waals surface area (Å²) in [7, 11) is 0. The van der Waals surface area contributed by atoms with Gasteiger partial charge in [-0.25, -0.2) is 19.9 Å². The van der Waals surface area contributed by atoms with E-state index in [-0.39, 0.29) is 5.56 Å². The molecule has 0 spiro atoms. The van der Waals surface area contributed by atoms with Crippen LogP contribution in [-0.4, -0.2) is 15.7 Å². The SMILES string of the molecule is Cc1nc2ccccc2c(=O)n1NC(=O)Nc1cccc(I)c1. The number of benzene rings is 2. The molecule has 0 saturated heterocycles. The summed E-state index contributed by atoms with van der Waals surface area (Å²) in [6.45, 7) is 1.67. The van der Waals surface area contributed by atoms with Crippen LogP contribution in [0.4, 0.5) is 10.5 Å². The molecule has 0 bridgehead atoms. The van der Waals surface area contributed by atoms with Crippen molar-refractivity contribution in [3.8, 4) is 0 Å². The van der Waals surface area contributed by atoms with Gasteiger partial charge >= 0.3 is 6.03 Å². The van der Waals surface area contributed by atoms with Crippen molar-refractivity contribution in [2.24, 2.45) is 0 Å². The van der Waals surface area contributed by atoms with Crippen molar-refractivity contribution in [3.05, 3.63) is 68.3 Å². The Morgan fingerprint density at radius 2 is 1.96 bits per heavy atom. The Balaban J connectivity index is 1.89.